The highest BCUT2D eigenvalue weighted by atomic mass is 19.3. The molecule has 7 rings (SSSR count). The zero-order valence-corrected chi connectivity index (χ0v) is 17.7. The number of aromatic nitrogens is 7. The van der Waals surface area contributed by atoms with Crippen LogP contribution in [0.1, 0.15) is 60.8 Å². The topological polar surface area (TPSA) is 82.3 Å². The van der Waals surface area contributed by atoms with Gasteiger partial charge in [0.05, 0.1) is 28.1 Å². The molecule has 0 saturated heterocycles. The zero-order valence-electron chi connectivity index (χ0n) is 17.7. The number of alkyl halides is 2. The number of hydrogen-bond acceptors (Lipinski definition) is 6. The second-order valence-electron chi connectivity index (χ2n) is 8.58. The monoisotopic (exact) mass is 467 g/mol. The van der Waals surface area contributed by atoms with Gasteiger partial charge in [-0.1, -0.05) is 6.07 Å². The van der Waals surface area contributed by atoms with Crippen molar-refractivity contribution in [3.05, 3.63) is 77.3 Å². The van der Waals surface area contributed by atoms with E-state index in [4.69, 9.17) is 0 Å². The minimum atomic E-state index is -2.80. The molecule has 0 amide bonds. The summed E-state index contributed by atoms with van der Waals surface area (Å²) in [5.41, 5.74) is 1.71. The molecule has 34 heavy (non-hydrogen) atoms. The average molecular weight is 467 g/mol. The summed E-state index contributed by atoms with van der Waals surface area (Å²) < 4.78 is 55.7. The van der Waals surface area contributed by atoms with Crippen LogP contribution in [0.5, 0.6) is 0 Å². The number of fused-ring (bicyclic) bond motifs is 2. The quantitative estimate of drug-likeness (QED) is 0.405. The highest BCUT2D eigenvalue weighted by Crippen LogP contribution is 2.55. The summed E-state index contributed by atoms with van der Waals surface area (Å²) in [7, 11) is 0. The minimum Gasteiger partial charge on any atom is -0.220 e. The van der Waals surface area contributed by atoms with Gasteiger partial charge in [-0.15, -0.1) is 10.2 Å². The minimum absolute atomic E-state index is 0.124. The van der Waals surface area contributed by atoms with Crippen LogP contribution in [0, 0.1) is 11.6 Å². The first-order valence-electron chi connectivity index (χ1n) is 10.8. The van der Waals surface area contributed by atoms with Gasteiger partial charge in [0.15, 0.2) is 0 Å². The van der Waals surface area contributed by atoms with Crippen molar-refractivity contribution >= 4 is 0 Å². The van der Waals surface area contributed by atoms with Crippen LogP contribution in [0.25, 0.3) is 17.2 Å². The smallest absolute Gasteiger partial charge is 0.220 e. The van der Waals surface area contributed by atoms with Gasteiger partial charge in [0.2, 0.25) is 5.82 Å². The fourth-order valence-corrected chi connectivity index (χ4v) is 5.19. The van der Waals surface area contributed by atoms with Crippen molar-refractivity contribution < 1.29 is 17.6 Å². The predicted octanol–water partition coefficient (Wildman–Crippen LogP) is 4.69. The molecule has 1 saturated carbocycles. The summed E-state index contributed by atoms with van der Waals surface area (Å²) in [5.74, 6) is -1.65. The van der Waals surface area contributed by atoms with Crippen LogP contribution in [-0.4, -0.2) is 34.9 Å². The summed E-state index contributed by atoms with van der Waals surface area (Å²) in [5, 5.41) is 12.4. The molecule has 11 heteroatoms. The molecular weight excluding hydrogens is 450 g/mol. The molecule has 0 atom stereocenters. The summed E-state index contributed by atoms with van der Waals surface area (Å²) in [6.45, 7) is 0. The van der Waals surface area contributed by atoms with Crippen LogP contribution in [-0.2, 0) is 5.41 Å². The third-order valence-corrected chi connectivity index (χ3v) is 6.82. The Bertz CT molecular complexity index is 1380. The zero-order chi connectivity index (χ0) is 23.4. The van der Waals surface area contributed by atoms with Crippen LogP contribution >= 0.6 is 0 Å². The molecule has 1 fully saturated rings. The Balaban J connectivity index is 1.45. The van der Waals surface area contributed by atoms with Gasteiger partial charge in [0.1, 0.15) is 18.0 Å². The van der Waals surface area contributed by atoms with Crippen molar-refractivity contribution in [2.45, 2.75) is 43.4 Å². The molecule has 0 radical (unpaired) electrons. The van der Waals surface area contributed by atoms with E-state index in [1.54, 1.807) is 18.3 Å². The maximum Gasteiger partial charge on any atom is 0.299 e. The molecule has 1 aromatic carbocycles. The van der Waals surface area contributed by atoms with Gasteiger partial charge in [0.25, 0.3) is 12.4 Å². The Morgan fingerprint density at radius 2 is 1.76 bits per heavy atom. The highest BCUT2D eigenvalue weighted by molar-refractivity contribution is 5.62. The largest absolute Gasteiger partial charge is 0.299 e. The van der Waals surface area contributed by atoms with E-state index in [1.165, 1.54) is 18.2 Å². The van der Waals surface area contributed by atoms with E-state index >= 15 is 0 Å². The molecule has 3 aliphatic carbocycles. The molecule has 3 heterocycles. The van der Waals surface area contributed by atoms with Crippen LogP contribution in [0.15, 0.2) is 42.9 Å². The van der Waals surface area contributed by atoms with Crippen molar-refractivity contribution in [2.75, 3.05) is 0 Å². The van der Waals surface area contributed by atoms with Crippen LogP contribution in [0.3, 0.4) is 0 Å². The average Bonchev–Trinajstić information content (AvgIpc) is 3.36. The summed E-state index contributed by atoms with van der Waals surface area (Å²) in [6, 6.07) is 7.20. The molecule has 2 bridgehead atoms. The first kappa shape index (κ1) is 20.8. The van der Waals surface area contributed by atoms with Crippen molar-refractivity contribution in [1.82, 2.24) is 34.9 Å². The Labute approximate surface area is 190 Å². The number of halogens is 4. The van der Waals surface area contributed by atoms with Crippen molar-refractivity contribution in [2.24, 2.45) is 0 Å². The van der Waals surface area contributed by atoms with Gasteiger partial charge < -0.3 is 0 Å². The fourth-order valence-electron chi connectivity index (χ4n) is 5.19. The van der Waals surface area contributed by atoms with Crippen molar-refractivity contribution in [3.8, 4) is 17.2 Å². The SMILES string of the molecule is Fc1cccc(F)c1-c1cc2c(nn1)[C@]1(c3ccnc(-n4cnc(C(F)F)n4)n3)CC[C@H]2CC1. The first-order valence-corrected chi connectivity index (χ1v) is 10.8. The molecule has 0 spiro atoms. The standard InChI is InChI=1S/C23H17F4N7/c24-14-2-1-3-15(25)18(14)16-10-13-12-4-7-23(8-5-12,19(13)32-31-16)17-6-9-28-22(30-17)34-11-29-21(33-34)20(26)27/h1-3,6,9-12,20H,4-5,7-8H2/t12-,23+. The van der Waals surface area contributed by atoms with Gasteiger partial charge in [-0.3, -0.25) is 0 Å². The maximum atomic E-state index is 14.4. The van der Waals surface area contributed by atoms with E-state index in [0.717, 1.165) is 47.9 Å². The van der Waals surface area contributed by atoms with E-state index in [9.17, 15) is 17.6 Å². The molecule has 172 valence electrons. The molecule has 4 aromatic rings. The third-order valence-electron chi connectivity index (χ3n) is 6.82. The molecule has 0 N–H and O–H groups in total. The first-order chi connectivity index (χ1) is 16.5. The number of nitrogens with zero attached hydrogens (tertiary/aromatic N) is 7. The van der Waals surface area contributed by atoms with E-state index in [0.29, 0.717) is 5.69 Å². The molecule has 7 nitrogen and oxygen atoms in total. The predicted molar refractivity (Wildman–Crippen MR) is 111 cm³/mol. The molecule has 3 aliphatic rings. The fraction of sp³-hybridized carbons (Fsp3) is 0.304. The van der Waals surface area contributed by atoms with Crippen molar-refractivity contribution in [3.63, 3.8) is 0 Å². The van der Waals surface area contributed by atoms with Gasteiger partial charge in [-0.25, -0.2) is 32.5 Å². The normalized spacial score (nSPS) is 21.1. The Hall–Kier alpha value is -3.76. The lowest BCUT2D eigenvalue weighted by atomic mass is 9.58. The lowest BCUT2D eigenvalue weighted by Crippen LogP contribution is -2.41. The summed E-state index contributed by atoms with van der Waals surface area (Å²) in [4.78, 5) is 12.4. The summed E-state index contributed by atoms with van der Waals surface area (Å²) in [6.07, 6.45) is 3.15. The molecular formula is C23H17F4N7. The van der Waals surface area contributed by atoms with E-state index in [-0.39, 0.29) is 23.1 Å². The number of hydrogen-bond donors (Lipinski definition) is 0. The second kappa shape index (κ2) is 7.64. The summed E-state index contributed by atoms with van der Waals surface area (Å²) >= 11 is 0. The van der Waals surface area contributed by atoms with Gasteiger partial charge in [-0.05, 0) is 61.4 Å². The lowest BCUT2D eigenvalue weighted by molar-refractivity contribution is 0.140. The Morgan fingerprint density at radius 3 is 2.47 bits per heavy atom. The van der Waals surface area contributed by atoms with Crippen molar-refractivity contribution in [1.29, 1.82) is 0 Å². The molecule has 3 aromatic heterocycles. The number of benzene rings is 1. The van der Waals surface area contributed by atoms with E-state index in [1.807, 2.05) is 0 Å². The van der Waals surface area contributed by atoms with Gasteiger partial charge in [0, 0.05) is 6.20 Å². The highest BCUT2D eigenvalue weighted by Gasteiger charge is 2.48. The van der Waals surface area contributed by atoms with Gasteiger partial charge >= 0.3 is 0 Å². The Kier molecular flexibility index (Phi) is 4.68. The number of rotatable bonds is 4. The second-order valence-corrected chi connectivity index (χ2v) is 8.58. The Morgan fingerprint density at radius 1 is 1.00 bits per heavy atom. The maximum absolute atomic E-state index is 14.4. The van der Waals surface area contributed by atoms with Crippen LogP contribution in [0.2, 0.25) is 0 Å². The van der Waals surface area contributed by atoms with E-state index in [2.05, 4.69) is 30.2 Å². The van der Waals surface area contributed by atoms with E-state index < -0.39 is 29.3 Å². The van der Waals surface area contributed by atoms with Crippen LogP contribution in [0.4, 0.5) is 17.6 Å². The molecule has 0 aliphatic heterocycles. The lowest BCUT2D eigenvalue weighted by Gasteiger charge is -2.46. The van der Waals surface area contributed by atoms with Crippen LogP contribution < -0.4 is 0 Å². The van der Waals surface area contributed by atoms with Gasteiger partial charge in [-0.2, -0.15) is 9.78 Å². The molecule has 0 unspecified atom stereocenters. The third kappa shape index (κ3) is 3.10.